The van der Waals surface area contributed by atoms with Crippen molar-refractivity contribution >= 4 is 39.8 Å². The first kappa shape index (κ1) is 19.1. The average molecular weight is 404 g/mol. The van der Waals surface area contributed by atoms with E-state index in [2.05, 4.69) is 10.3 Å². The Morgan fingerprint density at radius 3 is 2.74 bits per heavy atom. The number of primary amides is 1. The van der Waals surface area contributed by atoms with Crippen LogP contribution in [-0.2, 0) is 11.2 Å². The number of anilines is 1. The second kappa shape index (κ2) is 7.94. The van der Waals surface area contributed by atoms with Crippen molar-refractivity contribution in [1.82, 2.24) is 4.98 Å². The summed E-state index contributed by atoms with van der Waals surface area (Å²) < 4.78 is 5.69. The molecule has 3 aromatic rings. The standard InChI is InChI=1S/C19H18ClN3O3S/c1-10-11(2)27-19(17(10)18(21)25)23-15(24)7-8-16-22-9-14(26-16)12-5-3-4-6-13(12)20/h3-6,9H,7-8H2,1-2H3,(H2,21,25)(H,23,24). The third-order valence-corrected chi connectivity index (χ3v) is 5.60. The van der Waals surface area contributed by atoms with Crippen molar-refractivity contribution in [3.05, 3.63) is 57.4 Å². The second-order valence-corrected chi connectivity index (χ2v) is 7.63. The van der Waals surface area contributed by atoms with Gasteiger partial charge < -0.3 is 15.5 Å². The number of nitrogens with zero attached hydrogens (tertiary/aromatic N) is 1. The molecule has 0 aliphatic carbocycles. The van der Waals surface area contributed by atoms with E-state index in [0.29, 0.717) is 33.7 Å². The number of amides is 2. The quantitative estimate of drug-likeness (QED) is 0.639. The predicted octanol–water partition coefficient (Wildman–Crippen LogP) is 4.34. The van der Waals surface area contributed by atoms with Gasteiger partial charge >= 0.3 is 0 Å². The van der Waals surface area contributed by atoms with Crippen molar-refractivity contribution < 1.29 is 14.0 Å². The number of rotatable bonds is 6. The van der Waals surface area contributed by atoms with Crippen LogP contribution in [0.2, 0.25) is 5.02 Å². The van der Waals surface area contributed by atoms with E-state index in [1.54, 1.807) is 12.3 Å². The lowest BCUT2D eigenvalue weighted by Gasteiger charge is -2.04. The van der Waals surface area contributed by atoms with Gasteiger partial charge in [-0.05, 0) is 31.5 Å². The van der Waals surface area contributed by atoms with Crippen LogP contribution in [0.3, 0.4) is 0 Å². The highest BCUT2D eigenvalue weighted by Gasteiger charge is 2.19. The van der Waals surface area contributed by atoms with E-state index >= 15 is 0 Å². The highest BCUT2D eigenvalue weighted by atomic mass is 35.5. The van der Waals surface area contributed by atoms with E-state index in [4.69, 9.17) is 21.8 Å². The van der Waals surface area contributed by atoms with Gasteiger partial charge in [0.05, 0.1) is 16.8 Å². The molecule has 0 unspecified atom stereocenters. The molecule has 27 heavy (non-hydrogen) atoms. The second-order valence-electron chi connectivity index (χ2n) is 6.00. The topological polar surface area (TPSA) is 98.2 Å². The number of hydrogen-bond acceptors (Lipinski definition) is 5. The van der Waals surface area contributed by atoms with Crippen molar-refractivity contribution in [2.24, 2.45) is 5.73 Å². The lowest BCUT2D eigenvalue weighted by molar-refractivity contribution is -0.116. The number of aryl methyl sites for hydroxylation is 2. The zero-order valence-corrected chi connectivity index (χ0v) is 16.4. The molecule has 6 nitrogen and oxygen atoms in total. The minimum atomic E-state index is -0.552. The van der Waals surface area contributed by atoms with Crippen LogP contribution in [0.25, 0.3) is 11.3 Å². The smallest absolute Gasteiger partial charge is 0.251 e. The van der Waals surface area contributed by atoms with Gasteiger partial charge in [0, 0.05) is 23.3 Å². The Morgan fingerprint density at radius 1 is 1.30 bits per heavy atom. The third kappa shape index (κ3) is 4.20. The molecule has 0 saturated heterocycles. The lowest BCUT2D eigenvalue weighted by Crippen LogP contribution is -2.17. The molecule has 8 heteroatoms. The Balaban J connectivity index is 1.65. The normalized spacial score (nSPS) is 10.8. The molecule has 3 rings (SSSR count). The van der Waals surface area contributed by atoms with Gasteiger partial charge in [0.2, 0.25) is 5.91 Å². The minimum absolute atomic E-state index is 0.163. The fraction of sp³-hybridized carbons (Fsp3) is 0.211. The number of halogens is 1. The third-order valence-electron chi connectivity index (χ3n) is 4.14. The van der Waals surface area contributed by atoms with Gasteiger partial charge in [-0.15, -0.1) is 11.3 Å². The van der Waals surface area contributed by atoms with E-state index in [0.717, 1.165) is 16.0 Å². The largest absolute Gasteiger partial charge is 0.441 e. The summed E-state index contributed by atoms with van der Waals surface area (Å²) in [6.07, 6.45) is 2.08. The Morgan fingerprint density at radius 2 is 2.04 bits per heavy atom. The minimum Gasteiger partial charge on any atom is -0.441 e. The number of carbonyl (C=O) groups excluding carboxylic acids is 2. The number of hydrogen-bond donors (Lipinski definition) is 2. The van der Waals surface area contributed by atoms with Crippen molar-refractivity contribution in [3.8, 4) is 11.3 Å². The molecule has 0 atom stereocenters. The first-order valence-electron chi connectivity index (χ1n) is 8.26. The molecule has 2 heterocycles. The number of thiophene rings is 1. The molecule has 2 amide bonds. The highest BCUT2D eigenvalue weighted by Crippen LogP contribution is 2.32. The molecule has 0 fully saturated rings. The Hall–Kier alpha value is -2.64. The summed E-state index contributed by atoms with van der Waals surface area (Å²) in [5, 5.41) is 3.81. The molecule has 140 valence electrons. The average Bonchev–Trinajstić information content (AvgIpc) is 3.18. The number of oxazole rings is 1. The highest BCUT2D eigenvalue weighted by molar-refractivity contribution is 7.16. The Bertz CT molecular complexity index is 1010. The van der Waals surface area contributed by atoms with Gasteiger partial charge in [-0.2, -0.15) is 0 Å². The number of benzene rings is 1. The monoisotopic (exact) mass is 403 g/mol. The lowest BCUT2D eigenvalue weighted by atomic mass is 10.1. The van der Waals surface area contributed by atoms with Gasteiger partial charge in [0.25, 0.3) is 5.91 Å². The van der Waals surface area contributed by atoms with Crippen LogP contribution in [0.15, 0.2) is 34.9 Å². The van der Waals surface area contributed by atoms with E-state index in [9.17, 15) is 9.59 Å². The maximum atomic E-state index is 12.3. The maximum Gasteiger partial charge on any atom is 0.251 e. The summed E-state index contributed by atoms with van der Waals surface area (Å²) in [7, 11) is 0. The van der Waals surface area contributed by atoms with Crippen molar-refractivity contribution in [2.75, 3.05) is 5.32 Å². The van der Waals surface area contributed by atoms with Crippen LogP contribution in [0, 0.1) is 13.8 Å². The molecule has 0 bridgehead atoms. The SMILES string of the molecule is Cc1sc(NC(=O)CCc2ncc(-c3ccccc3Cl)o2)c(C(N)=O)c1C. The fourth-order valence-corrected chi connectivity index (χ4v) is 3.94. The zero-order valence-electron chi connectivity index (χ0n) is 14.8. The van der Waals surface area contributed by atoms with Crippen molar-refractivity contribution in [2.45, 2.75) is 26.7 Å². The van der Waals surface area contributed by atoms with Crippen LogP contribution in [0.1, 0.15) is 33.1 Å². The molecule has 3 N–H and O–H groups in total. The van der Waals surface area contributed by atoms with Gasteiger partial charge in [0.15, 0.2) is 11.7 Å². The molecule has 2 aromatic heterocycles. The number of carbonyl (C=O) groups is 2. The van der Waals surface area contributed by atoms with Crippen molar-refractivity contribution in [1.29, 1.82) is 0 Å². The van der Waals surface area contributed by atoms with Gasteiger partial charge in [-0.1, -0.05) is 23.7 Å². The van der Waals surface area contributed by atoms with Gasteiger partial charge in [-0.25, -0.2) is 4.98 Å². The Kier molecular flexibility index (Phi) is 5.62. The molecule has 0 radical (unpaired) electrons. The summed E-state index contributed by atoms with van der Waals surface area (Å²) in [6.45, 7) is 3.69. The van der Waals surface area contributed by atoms with E-state index in [1.807, 2.05) is 32.0 Å². The predicted molar refractivity (Wildman–Crippen MR) is 106 cm³/mol. The van der Waals surface area contributed by atoms with E-state index in [-0.39, 0.29) is 12.3 Å². The fourth-order valence-electron chi connectivity index (χ4n) is 2.63. The molecule has 0 aliphatic rings. The van der Waals surface area contributed by atoms with Crippen LogP contribution >= 0.6 is 22.9 Å². The van der Waals surface area contributed by atoms with E-state index in [1.165, 1.54) is 11.3 Å². The molecular weight excluding hydrogens is 386 g/mol. The van der Waals surface area contributed by atoms with Gasteiger partial charge in [-0.3, -0.25) is 9.59 Å². The summed E-state index contributed by atoms with van der Waals surface area (Å²) in [4.78, 5) is 29.0. The van der Waals surface area contributed by atoms with E-state index < -0.39 is 5.91 Å². The van der Waals surface area contributed by atoms with Gasteiger partial charge in [0.1, 0.15) is 5.00 Å². The van der Waals surface area contributed by atoms with Crippen LogP contribution in [0.5, 0.6) is 0 Å². The zero-order chi connectivity index (χ0) is 19.6. The first-order valence-corrected chi connectivity index (χ1v) is 9.45. The summed E-state index contributed by atoms with van der Waals surface area (Å²) in [6, 6.07) is 7.31. The van der Waals surface area contributed by atoms with Crippen LogP contribution in [0.4, 0.5) is 5.00 Å². The number of nitrogens with two attached hydrogens (primary N) is 1. The maximum absolute atomic E-state index is 12.3. The molecular formula is C19H18ClN3O3S. The summed E-state index contributed by atoms with van der Waals surface area (Å²) in [5.74, 6) is 0.200. The molecule has 0 aliphatic heterocycles. The molecule has 0 spiro atoms. The van der Waals surface area contributed by atoms with Crippen LogP contribution in [-0.4, -0.2) is 16.8 Å². The summed E-state index contributed by atoms with van der Waals surface area (Å²) >= 11 is 7.49. The first-order chi connectivity index (χ1) is 12.9. The summed E-state index contributed by atoms with van der Waals surface area (Å²) in [5.41, 5.74) is 7.32. The Labute approximate surface area is 165 Å². The van der Waals surface area contributed by atoms with Crippen molar-refractivity contribution in [3.63, 3.8) is 0 Å². The van der Waals surface area contributed by atoms with Crippen LogP contribution < -0.4 is 11.1 Å². The molecule has 0 saturated carbocycles. The number of aromatic nitrogens is 1. The molecule has 1 aromatic carbocycles. The number of nitrogens with one attached hydrogen (secondary N) is 1.